The molecule has 4 aromatic heterocycles. The van der Waals surface area contributed by atoms with Crippen LogP contribution in [0.25, 0.3) is 43.6 Å². The van der Waals surface area contributed by atoms with E-state index in [2.05, 4.69) is 261 Å². The number of nitrogens with one attached hydrogen (secondary N) is 3. The van der Waals surface area contributed by atoms with Crippen molar-refractivity contribution < 1.29 is 39.0 Å². The third-order valence-corrected chi connectivity index (χ3v) is 33.6. The predicted molar refractivity (Wildman–Crippen MR) is 535 cm³/mol. The largest absolute Gasteiger partial charge is 0.481 e. The van der Waals surface area contributed by atoms with Gasteiger partial charge in [-0.3, -0.25) is 38.6 Å². The van der Waals surface area contributed by atoms with E-state index in [1.165, 1.54) is 178 Å². The summed E-state index contributed by atoms with van der Waals surface area (Å²) in [7, 11) is 6.54. The molecule has 4 saturated carbocycles. The molecule has 4 aliphatic heterocycles. The van der Waals surface area contributed by atoms with Crippen LogP contribution < -0.4 is 16.0 Å². The van der Waals surface area contributed by atoms with Crippen LogP contribution in [0.4, 0.5) is 0 Å². The van der Waals surface area contributed by atoms with Crippen molar-refractivity contribution in [3.8, 4) is 0 Å². The number of hydrogen-bond acceptors (Lipinski definition) is 10. The van der Waals surface area contributed by atoms with Gasteiger partial charge in [0.05, 0.1) is 36.5 Å². The molecule has 718 valence electrons. The van der Waals surface area contributed by atoms with E-state index in [4.69, 9.17) is 10.2 Å². The molecule has 12 aliphatic rings. The van der Waals surface area contributed by atoms with Crippen LogP contribution in [0.2, 0.25) is 0 Å². The van der Waals surface area contributed by atoms with E-state index in [0.717, 1.165) is 154 Å². The van der Waals surface area contributed by atoms with E-state index >= 15 is 0 Å². The zero-order chi connectivity index (χ0) is 93.3. The fourth-order valence-corrected chi connectivity index (χ4v) is 26.8. The number of piperidine rings is 4. The second-order valence-corrected chi connectivity index (χ2v) is 45.1. The number of nitrogens with zero attached hydrogens (tertiary/aromatic N) is 9. The van der Waals surface area contributed by atoms with E-state index in [1.807, 2.05) is 0 Å². The van der Waals surface area contributed by atoms with Gasteiger partial charge in [0.25, 0.3) is 0 Å². The number of carbonyl (C=O) groups excluding carboxylic acids is 4. The molecule has 0 radical (unpaired) electrons. The lowest BCUT2D eigenvalue weighted by Crippen LogP contribution is -2.54. The summed E-state index contributed by atoms with van der Waals surface area (Å²) in [6.45, 7) is 34.2. The predicted octanol–water partition coefficient (Wildman–Crippen LogP) is 20.8. The van der Waals surface area contributed by atoms with Crippen LogP contribution in [0, 0.1) is 29.6 Å². The van der Waals surface area contributed by atoms with Crippen molar-refractivity contribution in [2.75, 3.05) is 60.4 Å². The molecule has 8 aromatic rings. The Hall–Kier alpha value is -8.30. The molecular formula is C112H162N12O8. The van der Waals surface area contributed by atoms with Crippen LogP contribution >= 0.6 is 0 Å². The molecule has 0 spiro atoms. The van der Waals surface area contributed by atoms with Crippen LogP contribution in [0.5, 0.6) is 0 Å². The molecule has 8 heterocycles. The fourth-order valence-electron chi connectivity index (χ4n) is 26.8. The first-order chi connectivity index (χ1) is 63.4. The maximum absolute atomic E-state index is 13.8. The smallest absolute Gasteiger partial charge is 0.303 e. The van der Waals surface area contributed by atoms with E-state index in [0.29, 0.717) is 95.8 Å². The summed E-state index contributed by atoms with van der Waals surface area (Å²) < 4.78 is 9.76. The average Bonchev–Trinajstić information content (AvgIpc) is 1.57. The number of aromatic nitrogens is 4. The van der Waals surface area contributed by atoms with E-state index < -0.39 is 11.9 Å². The summed E-state index contributed by atoms with van der Waals surface area (Å²) in [6.07, 6.45) is 44.4. The number of aryl methyl sites for hydroxylation is 1. The Bertz CT molecular complexity index is 5340. The highest BCUT2D eigenvalue weighted by atomic mass is 16.4. The van der Waals surface area contributed by atoms with Crippen LogP contribution in [0.15, 0.2) is 97.6 Å². The topological polar surface area (TPSA) is 215 Å². The number of hydrogen-bond donors (Lipinski definition) is 5. The number of likely N-dealkylation sites (tertiary alicyclic amines) is 4. The van der Waals surface area contributed by atoms with Gasteiger partial charge >= 0.3 is 11.9 Å². The lowest BCUT2D eigenvalue weighted by Gasteiger charge is -2.47. The molecule has 20 rings (SSSR count). The Morgan fingerprint density at radius 1 is 0.424 bits per heavy atom. The van der Waals surface area contributed by atoms with Gasteiger partial charge in [-0.25, -0.2) is 0 Å². The third-order valence-electron chi connectivity index (χ3n) is 33.6. The average molecular weight is 1800 g/mol. The number of likely N-dealkylation sites (N-methyl/N-ethyl adjacent to an activating group) is 2. The van der Waals surface area contributed by atoms with Gasteiger partial charge in [0.1, 0.15) is 0 Å². The maximum atomic E-state index is 13.8. The molecule has 5 N–H and O–H groups in total. The second kappa shape index (κ2) is 41.7. The minimum Gasteiger partial charge on any atom is -0.481 e. The Morgan fingerprint density at radius 3 is 1.19 bits per heavy atom. The summed E-state index contributed by atoms with van der Waals surface area (Å²) in [6, 6.07) is 31.5. The van der Waals surface area contributed by atoms with Crippen LogP contribution in [-0.2, 0) is 72.1 Å². The Kier molecular flexibility index (Phi) is 30.6. The highest BCUT2D eigenvalue weighted by molar-refractivity contribution is 5.93. The second-order valence-electron chi connectivity index (χ2n) is 45.1. The number of carboxylic acid groups (broad SMARTS) is 2. The van der Waals surface area contributed by atoms with E-state index in [1.54, 1.807) is 0 Å². The normalized spacial score (nSPS) is 27.0. The maximum Gasteiger partial charge on any atom is 0.303 e. The molecule has 4 amide bonds. The molecule has 132 heavy (non-hydrogen) atoms. The number of fused-ring (bicyclic) bond motifs is 8. The molecule has 0 bridgehead atoms. The standard InChI is InChI=1S/C29H43N3O.C28H41N3O.C26H37N3O.C25H35N3O.C4H6O4/c1-5-15-31-18-22(29(33)30(4)23-11-8-6-7-9-12-23)16-25-24-13-10-14-26-28(24)21(17-27(25)31)19-32(26)20(2)3;1-5-14-30-17-20(27(32)29-21-10-7-6-8-11-21)15-23-22-12-9-13-24-26(22)19(16-25(23)30)18-31(24)28(2,3)4;1-26(2,3)29-16-17-14-23-21(20-11-8-12-22(29)24(17)20)13-18(15-28(23)4)25(30)27-19-9-6-5-7-10-19;1-4-28-15-17-13-23-21(20-6-5-7-22(28)24(17)20)12-18(14-27(23)3)25(29)26-19-10-8-16(2)9-11-19;5-3(6)1-2-4(7)8/h10,13-14,19-20,22-23,25,27H,5-9,11-12,15-18H2,1-4H3;9,12-13,18,20-21,23,25H,5-8,10-11,14-17H2,1-4H3,(H,29,32);8,11-12,16,18-19,21,23H,5-7,9-10,13-15H2,1-4H3,(H,27,30);5-7,15-16,18-19,21,23H,4,8-14H2,1-3H3,(H,26,29);1-2H2,(H,5,6)(H,7,8)/t22-,25+,27-;20?,23?,25-;18?,21?,23-;16?,18?,19?,21?,23-;/m1111./s1. The van der Waals surface area contributed by atoms with Gasteiger partial charge in [-0.15, -0.1) is 0 Å². The summed E-state index contributed by atoms with van der Waals surface area (Å²) in [4.78, 5) is 85.2. The van der Waals surface area contributed by atoms with E-state index in [-0.39, 0.29) is 53.5 Å². The molecule has 8 fully saturated rings. The van der Waals surface area contributed by atoms with Crippen LogP contribution in [0.1, 0.15) is 337 Å². The lowest BCUT2D eigenvalue weighted by molar-refractivity contribution is -0.143. The van der Waals surface area contributed by atoms with Crippen molar-refractivity contribution in [2.45, 2.75) is 384 Å². The molecule has 4 aromatic carbocycles. The number of amides is 4. The first-order valence-corrected chi connectivity index (χ1v) is 52.4. The summed E-state index contributed by atoms with van der Waals surface area (Å²) in [5, 5.41) is 31.9. The molecule has 20 heteroatoms. The molecule has 12 atom stereocenters. The Labute approximate surface area is 788 Å². The zero-order valence-electron chi connectivity index (χ0n) is 83.1. The number of carboxylic acids is 2. The van der Waals surface area contributed by atoms with Gasteiger partial charge in [-0.05, 0) is 293 Å². The van der Waals surface area contributed by atoms with Crippen LogP contribution in [0.3, 0.4) is 0 Å². The lowest BCUT2D eigenvalue weighted by atomic mass is 9.72. The molecule has 6 unspecified atom stereocenters. The first-order valence-electron chi connectivity index (χ1n) is 52.4. The molecular weight excluding hydrogens is 1640 g/mol. The minimum absolute atomic E-state index is 0.0656. The van der Waals surface area contributed by atoms with Crippen molar-refractivity contribution in [3.05, 3.63) is 142 Å². The van der Waals surface area contributed by atoms with Crippen molar-refractivity contribution in [2.24, 2.45) is 29.6 Å². The van der Waals surface area contributed by atoms with Crippen molar-refractivity contribution in [1.29, 1.82) is 0 Å². The molecule has 20 nitrogen and oxygen atoms in total. The van der Waals surface area contributed by atoms with Crippen LogP contribution in [-0.4, -0.2) is 197 Å². The van der Waals surface area contributed by atoms with E-state index in [9.17, 15) is 28.8 Å². The van der Waals surface area contributed by atoms with Gasteiger partial charge < -0.3 is 59.1 Å². The zero-order valence-corrected chi connectivity index (χ0v) is 83.1. The first kappa shape index (κ1) is 96.8. The highest BCUT2D eigenvalue weighted by Gasteiger charge is 2.49. The number of rotatable bonds is 17. The van der Waals surface area contributed by atoms with Gasteiger partial charge in [-0.2, -0.15) is 0 Å². The van der Waals surface area contributed by atoms with Gasteiger partial charge in [0.15, 0.2) is 0 Å². The number of benzene rings is 4. The fraction of sp³-hybridized carbons (Fsp3) is 0.661. The van der Waals surface area contributed by atoms with Gasteiger partial charge in [0.2, 0.25) is 23.6 Å². The number of carbonyl (C=O) groups is 6. The van der Waals surface area contributed by atoms with Crippen molar-refractivity contribution in [1.82, 2.24) is 58.7 Å². The van der Waals surface area contributed by atoms with Gasteiger partial charge in [0, 0.05) is 197 Å². The highest BCUT2D eigenvalue weighted by Crippen LogP contribution is 2.52. The van der Waals surface area contributed by atoms with Crippen molar-refractivity contribution >= 4 is 79.2 Å². The Balaban J connectivity index is 0.000000125. The number of aliphatic carboxylic acids is 2. The third kappa shape index (κ3) is 20.8. The quantitative estimate of drug-likeness (QED) is 0.0539. The molecule has 4 saturated heterocycles. The summed E-state index contributed by atoms with van der Waals surface area (Å²) >= 11 is 0. The minimum atomic E-state index is -1.08. The van der Waals surface area contributed by atoms with Crippen molar-refractivity contribution in [3.63, 3.8) is 0 Å². The monoisotopic (exact) mass is 1800 g/mol. The molecule has 8 aliphatic carbocycles. The Morgan fingerprint density at radius 2 is 0.773 bits per heavy atom. The van der Waals surface area contributed by atoms with Gasteiger partial charge in [-0.1, -0.05) is 134 Å². The summed E-state index contributed by atoms with van der Waals surface area (Å²) in [5.41, 5.74) is 17.5. The SMILES string of the molecule is CCCN1CC(C(=O)NC2CCCCC2)CC2c3cccc4c3c(cn4C(C)(C)C)C[C@H]21.CCCN1C[C@H](C(=O)N(C)C2CCCCCC2)C[C@H]2c3cccc4c3c(cn4C(C)C)C[C@H]21.CCn1cc2c3c(cccc31)C1CC(C(=O)NC3CCC(C)CC3)CN(C)[C@@H]1C2.CN1CC(C(=O)NC2CCCCC2)CC2c3cccc4c3c(cn4C(C)(C)C)C[C@H]21.O=C(O)CCC(=O)O. The summed E-state index contributed by atoms with van der Waals surface area (Å²) in [5.74, 6) is 2.18.